The first-order valence-electron chi connectivity index (χ1n) is 6.24. The molecule has 0 aromatic heterocycles. The number of rotatable bonds is 4. The van der Waals surface area contributed by atoms with Gasteiger partial charge in [-0.2, -0.15) is 0 Å². The van der Waals surface area contributed by atoms with Gasteiger partial charge in [-0.15, -0.1) is 0 Å². The second-order valence-electron chi connectivity index (χ2n) is 4.70. The SMILES string of the molecule is CC(C)NCc1ccccc1-c1cccc(Br)c1. The van der Waals surface area contributed by atoms with Crippen LogP contribution in [0.1, 0.15) is 19.4 Å². The van der Waals surface area contributed by atoms with E-state index in [9.17, 15) is 0 Å². The molecule has 1 N–H and O–H groups in total. The van der Waals surface area contributed by atoms with Gasteiger partial charge in [0.25, 0.3) is 0 Å². The normalized spacial score (nSPS) is 10.9. The maximum absolute atomic E-state index is 3.53. The van der Waals surface area contributed by atoms with Crippen molar-refractivity contribution in [2.45, 2.75) is 26.4 Å². The Labute approximate surface area is 117 Å². The lowest BCUT2D eigenvalue weighted by Gasteiger charge is -2.13. The molecule has 18 heavy (non-hydrogen) atoms. The summed E-state index contributed by atoms with van der Waals surface area (Å²) >= 11 is 3.53. The molecular weight excluding hydrogens is 286 g/mol. The van der Waals surface area contributed by atoms with E-state index < -0.39 is 0 Å². The highest BCUT2D eigenvalue weighted by Crippen LogP contribution is 2.26. The molecule has 0 unspecified atom stereocenters. The van der Waals surface area contributed by atoms with Crippen molar-refractivity contribution in [1.82, 2.24) is 5.32 Å². The first-order chi connectivity index (χ1) is 8.66. The van der Waals surface area contributed by atoms with Crippen molar-refractivity contribution in [1.29, 1.82) is 0 Å². The molecule has 0 aliphatic heterocycles. The fraction of sp³-hybridized carbons (Fsp3) is 0.250. The summed E-state index contributed by atoms with van der Waals surface area (Å²) in [5.74, 6) is 0. The smallest absolute Gasteiger partial charge is 0.0214 e. The standard InChI is InChI=1S/C16H18BrN/c1-12(2)18-11-14-6-3-4-9-16(14)13-7-5-8-15(17)10-13/h3-10,12,18H,11H2,1-2H3. The zero-order valence-electron chi connectivity index (χ0n) is 10.8. The van der Waals surface area contributed by atoms with E-state index in [1.165, 1.54) is 16.7 Å². The van der Waals surface area contributed by atoms with E-state index in [1.807, 2.05) is 0 Å². The molecule has 2 rings (SSSR count). The van der Waals surface area contributed by atoms with E-state index in [2.05, 4.69) is 83.6 Å². The fourth-order valence-corrected chi connectivity index (χ4v) is 2.33. The summed E-state index contributed by atoms with van der Waals surface area (Å²) in [5, 5.41) is 3.47. The molecule has 0 heterocycles. The number of hydrogen-bond acceptors (Lipinski definition) is 1. The highest BCUT2D eigenvalue weighted by molar-refractivity contribution is 9.10. The van der Waals surface area contributed by atoms with E-state index >= 15 is 0 Å². The third-order valence-corrected chi connectivity index (χ3v) is 3.35. The second kappa shape index (κ2) is 6.17. The predicted octanol–water partition coefficient (Wildman–Crippen LogP) is 4.61. The molecule has 0 atom stereocenters. The maximum atomic E-state index is 3.53. The van der Waals surface area contributed by atoms with Crippen LogP contribution in [0.5, 0.6) is 0 Å². The van der Waals surface area contributed by atoms with Crippen molar-refractivity contribution in [2.24, 2.45) is 0 Å². The largest absolute Gasteiger partial charge is 0.310 e. The van der Waals surface area contributed by atoms with Crippen molar-refractivity contribution < 1.29 is 0 Å². The molecule has 0 amide bonds. The summed E-state index contributed by atoms with van der Waals surface area (Å²) in [4.78, 5) is 0. The van der Waals surface area contributed by atoms with Gasteiger partial charge in [-0.25, -0.2) is 0 Å². The van der Waals surface area contributed by atoms with Gasteiger partial charge in [0.2, 0.25) is 0 Å². The highest BCUT2D eigenvalue weighted by atomic mass is 79.9. The molecule has 0 bridgehead atoms. The third kappa shape index (κ3) is 3.44. The topological polar surface area (TPSA) is 12.0 Å². The van der Waals surface area contributed by atoms with Crippen LogP contribution in [0.25, 0.3) is 11.1 Å². The Morgan fingerprint density at radius 2 is 1.83 bits per heavy atom. The lowest BCUT2D eigenvalue weighted by atomic mass is 9.99. The zero-order valence-corrected chi connectivity index (χ0v) is 12.4. The maximum Gasteiger partial charge on any atom is 0.0214 e. The van der Waals surface area contributed by atoms with Gasteiger partial charge in [0.1, 0.15) is 0 Å². The molecule has 0 spiro atoms. The number of halogens is 1. The summed E-state index contributed by atoms with van der Waals surface area (Å²) < 4.78 is 1.12. The third-order valence-electron chi connectivity index (χ3n) is 2.85. The molecule has 1 nitrogen and oxygen atoms in total. The van der Waals surface area contributed by atoms with Crippen LogP contribution in [0.2, 0.25) is 0 Å². The van der Waals surface area contributed by atoms with Crippen molar-refractivity contribution in [3.63, 3.8) is 0 Å². The highest BCUT2D eigenvalue weighted by Gasteiger charge is 2.05. The quantitative estimate of drug-likeness (QED) is 0.869. The number of hydrogen-bond donors (Lipinski definition) is 1. The molecular formula is C16H18BrN. The predicted molar refractivity (Wildman–Crippen MR) is 81.6 cm³/mol. The molecule has 94 valence electrons. The van der Waals surface area contributed by atoms with E-state index in [4.69, 9.17) is 0 Å². The van der Waals surface area contributed by atoms with E-state index in [1.54, 1.807) is 0 Å². The van der Waals surface area contributed by atoms with Crippen LogP contribution in [0.15, 0.2) is 53.0 Å². The second-order valence-corrected chi connectivity index (χ2v) is 5.62. The summed E-state index contributed by atoms with van der Waals surface area (Å²) in [6.07, 6.45) is 0. The first-order valence-corrected chi connectivity index (χ1v) is 7.03. The minimum absolute atomic E-state index is 0.501. The summed E-state index contributed by atoms with van der Waals surface area (Å²) in [6.45, 7) is 5.24. The van der Waals surface area contributed by atoms with Crippen LogP contribution >= 0.6 is 15.9 Å². The monoisotopic (exact) mass is 303 g/mol. The molecule has 0 saturated heterocycles. The Kier molecular flexibility index (Phi) is 4.56. The lowest BCUT2D eigenvalue weighted by molar-refractivity contribution is 0.589. The van der Waals surface area contributed by atoms with Crippen molar-refractivity contribution in [3.05, 3.63) is 58.6 Å². The van der Waals surface area contributed by atoms with Crippen molar-refractivity contribution in [3.8, 4) is 11.1 Å². The van der Waals surface area contributed by atoms with Crippen LogP contribution in [-0.4, -0.2) is 6.04 Å². The Bertz CT molecular complexity index is 520. The molecule has 0 fully saturated rings. The minimum atomic E-state index is 0.501. The van der Waals surface area contributed by atoms with Gasteiger partial charge in [-0.05, 0) is 28.8 Å². The van der Waals surface area contributed by atoms with Gasteiger partial charge < -0.3 is 5.32 Å². The molecule has 0 radical (unpaired) electrons. The van der Waals surface area contributed by atoms with Gasteiger partial charge in [0, 0.05) is 17.1 Å². The van der Waals surface area contributed by atoms with Crippen molar-refractivity contribution >= 4 is 15.9 Å². The van der Waals surface area contributed by atoms with Gasteiger partial charge >= 0.3 is 0 Å². The Morgan fingerprint density at radius 1 is 1.06 bits per heavy atom. The number of nitrogens with one attached hydrogen (secondary N) is 1. The average Bonchev–Trinajstić information content (AvgIpc) is 2.36. The summed E-state index contributed by atoms with van der Waals surface area (Å²) in [5.41, 5.74) is 3.89. The van der Waals surface area contributed by atoms with Crippen LogP contribution < -0.4 is 5.32 Å². The molecule has 2 heteroatoms. The Hall–Kier alpha value is -1.12. The van der Waals surface area contributed by atoms with E-state index in [0.717, 1.165) is 11.0 Å². The molecule has 0 aliphatic rings. The fourth-order valence-electron chi connectivity index (χ4n) is 1.93. The molecule has 0 aliphatic carbocycles. The van der Waals surface area contributed by atoms with Crippen LogP contribution in [0.4, 0.5) is 0 Å². The summed E-state index contributed by atoms with van der Waals surface area (Å²) in [6, 6.07) is 17.5. The Morgan fingerprint density at radius 3 is 2.56 bits per heavy atom. The molecule has 0 saturated carbocycles. The minimum Gasteiger partial charge on any atom is -0.310 e. The average molecular weight is 304 g/mol. The van der Waals surface area contributed by atoms with Gasteiger partial charge in [-0.3, -0.25) is 0 Å². The van der Waals surface area contributed by atoms with Gasteiger partial charge in [0.05, 0.1) is 0 Å². The zero-order chi connectivity index (χ0) is 13.0. The molecule has 2 aromatic carbocycles. The van der Waals surface area contributed by atoms with Crippen LogP contribution in [0.3, 0.4) is 0 Å². The lowest BCUT2D eigenvalue weighted by Crippen LogP contribution is -2.22. The van der Waals surface area contributed by atoms with E-state index in [0.29, 0.717) is 6.04 Å². The van der Waals surface area contributed by atoms with Crippen LogP contribution in [-0.2, 0) is 6.54 Å². The van der Waals surface area contributed by atoms with Crippen LogP contribution in [0, 0.1) is 0 Å². The Balaban J connectivity index is 2.32. The number of benzene rings is 2. The van der Waals surface area contributed by atoms with E-state index in [-0.39, 0.29) is 0 Å². The van der Waals surface area contributed by atoms with Gasteiger partial charge in [0.15, 0.2) is 0 Å². The summed E-state index contributed by atoms with van der Waals surface area (Å²) in [7, 11) is 0. The van der Waals surface area contributed by atoms with Gasteiger partial charge in [-0.1, -0.05) is 66.2 Å². The first kappa shape index (κ1) is 13.3. The van der Waals surface area contributed by atoms with Crippen molar-refractivity contribution in [2.75, 3.05) is 0 Å². The molecule has 2 aromatic rings.